The van der Waals surface area contributed by atoms with Crippen LogP contribution in [0.4, 0.5) is 0 Å². The molecule has 0 amide bonds. The molecule has 606 valence electrons. The molecule has 0 bridgehead atoms. The van der Waals surface area contributed by atoms with Gasteiger partial charge in [0.25, 0.3) is 0 Å². The summed E-state index contributed by atoms with van der Waals surface area (Å²) >= 11 is 0. The largest absolute Gasteiger partial charge is 0.472 e. The van der Waals surface area contributed by atoms with Gasteiger partial charge in [0.1, 0.15) is 19.3 Å². The van der Waals surface area contributed by atoms with Crippen molar-refractivity contribution in [2.45, 2.75) is 464 Å². The van der Waals surface area contributed by atoms with E-state index >= 15 is 0 Å². The zero-order chi connectivity index (χ0) is 74.8. The molecule has 0 saturated heterocycles. The highest BCUT2D eigenvalue weighted by molar-refractivity contribution is 7.47. The van der Waals surface area contributed by atoms with E-state index in [0.717, 1.165) is 95.8 Å². The molecule has 102 heavy (non-hydrogen) atoms. The molecular formula is C83H162O17P2. The van der Waals surface area contributed by atoms with Gasteiger partial charge < -0.3 is 33.8 Å². The number of phosphoric ester groups is 2. The van der Waals surface area contributed by atoms with E-state index in [9.17, 15) is 43.2 Å². The zero-order valence-electron chi connectivity index (χ0n) is 66.8. The third-order valence-electron chi connectivity index (χ3n) is 19.9. The van der Waals surface area contributed by atoms with Gasteiger partial charge in [-0.2, -0.15) is 0 Å². The number of phosphoric acid groups is 2. The van der Waals surface area contributed by atoms with Gasteiger partial charge in [-0.25, -0.2) is 9.13 Å². The van der Waals surface area contributed by atoms with Crippen LogP contribution in [0.3, 0.4) is 0 Å². The molecule has 0 aliphatic heterocycles. The quantitative estimate of drug-likeness (QED) is 0.0222. The lowest BCUT2D eigenvalue weighted by atomic mass is 9.99. The van der Waals surface area contributed by atoms with Crippen LogP contribution in [0.15, 0.2) is 0 Å². The van der Waals surface area contributed by atoms with E-state index < -0.39 is 97.5 Å². The molecule has 0 saturated carbocycles. The van der Waals surface area contributed by atoms with Gasteiger partial charge in [0, 0.05) is 25.7 Å². The van der Waals surface area contributed by atoms with Crippen LogP contribution in [0.2, 0.25) is 0 Å². The first-order chi connectivity index (χ1) is 49.6. The molecule has 0 radical (unpaired) electrons. The van der Waals surface area contributed by atoms with Crippen LogP contribution in [0.1, 0.15) is 446 Å². The van der Waals surface area contributed by atoms with Crippen molar-refractivity contribution in [1.82, 2.24) is 0 Å². The highest BCUT2D eigenvalue weighted by Gasteiger charge is 2.30. The molecule has 3 unspecified atom stereocenters. The third-order valence-corrected chi connectivity index (χ3v) is 21.8. The van der Waals surface area contributed by atoms with E-state index in [0.29, 0.717) is 25.7 Å². The van der Waals surface area contributed by atoms with Crippen molar-refractivity contribution in [2.24, 2.45) is 5.92 Å². The molecule has 3 N–H and O–H groups in total. The van der Waals surface area contributed by atoms with E-state index in [1.165, 1.54) is 270 Å². The van der Waals surface area contributed by atoms with E-state index in [1.54, 1.807) is 0 Å². The standard InChI is InChI=1S/C83H162O17P2/c1-6-10-13-16-19-22-25-27-29-31-32-33-35-37-39-42-48-53-58-63-68-82(87)99-78(73-94-81(86)67-62-57-52-47-41-38-36-34-30-28-26-23-20-17-14-11-7-2)74-97-101(89,90)95-70-77(84)71-96-102(91,92)98-75-79(72-93-80(85)66-61-56-51-46-40-24-21-18-15-12-8-3)100-83(88)69-64-59-54-49-44-43-45-50-55-60-65-76(5)9-4/h76-79,84H,6-75H2,1-5H3,(H,89,90)(H,91,92)/t76?,77-,78-,79-/m1/s1. The summed E-state index contributed by atoms with van der Waals surface area (Å²) in [6, 6.07) is 0. The number of aliphatic hydroxyl groups excluding tert-OH is 1. The second-order valence-electron chi connectivity index (χ2n) is 30.1. The van der Waals surface area contributed by atoms with Crippen molar-refractivity contribution in [2.75, 3.05) is 39.6 Å². The monoisotopic (exact) mass is 1490 g/mol. The topological polar surface area (TPSA) is 237 Å². The van der Waals surface area contributed by atoms with Crippen molar-refractivity contribution in [3.05, 3.63) is 0 Å². The zero-order valence-corrected chi connectivity index (χ0v) is 68.5. The Kier molecular flexibility index (Phi) is 74.4. The fraction of sp³-hybridized carbons (Fsp3) is 0.952. The summed E-state index contributed by atoms with van der Waals surface area (Å²) < 4.78 is 68.8. The predicted molar refractivity (Wildman–Crippen MR) is 418 cm³/mol. The summed E-state index contributed by atoms with van der Waals surface area (Å²) in [6.45, 7) is 7.37. The summed E-state index contributed by atoms with van der Waals surface area (Å²) in [4.78, 5) is 73.1. The molecular weight excluding hydrogens is 1330 g/mol. The van der Waals surface area contributed by atoms with Gasteiger partial charge in [-0.15, -0.1) is 0 Å². The molecule has 0 fully saturated rings. The van der Waals surface area contributed by atoms with Gasteiger partial charge in [0.2, 0.25) is 0 Å². The first-order valence-electron chi connectivity index (χ1n) is 43.2. The average Bonchev–Trinajstić information content (AvgIpc) is 0.928. The number of esters is 4. The highest BCUT2D eigenvalue weighted by atomic mass is 31.2. The van der Waals surface area contributed by atoms with Gasteiger partial charge in [-0.05, 0) is 31.6 Å². The molecule has 0 aliphatic rings. The minimum Gasteiger partial charge on any atom is -0.462 e. The molecule has 0 aliphatic carbocycles. The Bertz CT molecular complexity index is 1950. The lowest BCUT2D eigenvalue weighted by molar-refractivity contribution is -0.161. The van der Waals surface area contributed by atoms with E-state index in [4.69, 9.17) is 37.0 Å². The van der Waals surface area contributed by atoms with Crippen LogP contribution in [-0.4, -0.2) is 96.7 Å². The Hall–Kier alpha value is -1.94. The Balaban J connectivity index is 5.24. The third kappa shape index (κ3) is 74.9. The smallest absolute Gasteiger partial charge is 0.462 e. The Labute approximate surface area is 626 Å². The maximum absolute atomic E-state index is 13.1. The molecule has 0 aromatic carbocycles. The van der Waals surface area contributed by atoms with Crippen molar-refractivity contribution in [3.63, 3.8) is 0 Å². The van der Waals surface area contributed by atoms with Gasteiger partial charge in [0.05, 0.1) is 26.4 Å². The highest BCUT2D eigenvalue weighted by Crippen LogP contribution is 2.45. The summed E-state index contributed by atoms with van der Waals surface area (Å²) in [7, 11) is -9.92. The van der Waals surface area contributed by atoms with E-state index in [1.807, 2.05) is 0 Å². The molecule has 0 heterocycles. The van der Waals surface area contributed by atoms with Crippen molar-refractivity contribution >= 4 is 39.5 Å². The minimum absolute atomic E-state index is 0.107. The maximum atomic E-state index is 13.1. The van der Waals surface area contributed by atoms with Gasteiger partial charge >= 0.3 is 39.5 Å². The van der Waals surface area contributed by atoms with Crippen molar-refractivity contribution < 1.29 is 80.2 Å². The molecule has 0 aromatic rings. The van der Waals surface area contributed by atoms with Crippen LogP contribution in [-0.2, 0) is 65.4 Å². The number of carbonyl (C=O) groups is 4. The normalized spacial score (nSPS) is 14.1. The SMILES string of the molecule is CCCCCCCCCCCCCCCCCCCCCCC(=O)O[C@H](COC(=O)CCCCCCCCCCCCCCCCCCC)COP(=O)(O)OC[C@@H](O)COP(=O)(O)OC[C@@H](COC(=O)CCCCCCCCCCCCC)OC(=O)CCCCCCCCCCCCC(C)CC. The van der Waals surface area contributed by atoms with Crippen LogP contribution in [0, 0.1) is 5.92 Å². The Morgan fingerprint density at radius 1 is 0.275 bits per heavy atom. The van der Waals surface area contributed by atoms with Crippen LogP contribution in [0.5, 0.6) is 0 Å². The molecule has 0 aromatic heterocycles. The van der Waals surface area contributed by atoms with Crippen molar-refractivity contribution in [3.8, 4) is 0 Å². The Morgan fingerprint density at radius 3 is 0.696 bits per heavy atom. The first kappa shape index (κ1) is 100. The number of rotatable bonds is 83. The summed E-state index contributed by atoms with van der Waals surface area (Å²) in [5, 5.41) is 10.7. The van der Waals surface area contributed by atoms with E-state index in [2.05, 4.69) is 34.6 Å². The Morgan fingerprint density at radius 2 is 0.471 bits per heavy atom. The summed E-state index contributed by atoms with van der Waals surface area (Å²) in [6.07, 6.45) is 67.9. The van der Waals surface area contributed by atoms with Crippen LogP contribution in [0.25, 0.3) is 0 Å². The number of ether oxygens (including phenoxy) is 4. The molecule has 6 atom stereocenters. The first-order valence-corrected chi connectivity index (χ1v) is 46.2. The number of hydrogen-bond acceptors (Lipinski definition) is 15. The van der Waals surface area contributed by atoms with Gasteiger partial charge in [-0.1, -0.05) is 394 Å². The average molecular weight is 1490 g/mol. The molecule has 17 nitrogen and oxygen atoms in total. The number of aliphatic hydroxyl groups is 1. The second kappa shape index (κ2) is 75.9. The van der Waals surface area contributed by atoms with Crippen LogP contribution < -0.4 is 0 Å². The summed E-state index contributed by atoms with van der Waals surface area (Å²) in [5.74, 6) is -1.30. The lowest BCUT2D eigenvalue weighted by Crippen LogP contribution is -2.30. The van der Waals surface area contributed by atoms with Gasteiger partial charge in [-0.3, -0.25) is 37.3 Å². The fourth-order valence-corrected chi connectivity index (χ4v) is 14.5. The minimum atomic E-state index is -4.96. The van der Waals surface area contributed by atoms with Crippen molar-refractivity contribution in [1.29, 1.82) is 0 Å². The molecule has 0 spiro atoms. The van der Waals surface area contributed by atoms with E-state index in [-0.39, 0.29) is 25.7 Å². The predicted octanol–water partition coefficient (Wildman–Crippen LogP) is 25.2. The van der Waals surface area contributed by atoms with Gasteiger partial charge in [0.15, 0.2) is 12.2 Å². The second-order valence-corrected chi connectivity index (χ2v) is 33.0. The number of carbonyl (C=O) groups excluding carboxylic acids is 4. The molecule has 0 rings (SSSR count). The lowest BCUT2D eigenvalue weighted by Gasteiger charge is -2.21. The number of unbranched alkanes of at least 4 members (excludes halogenated alkanes) is 54. The van der Waals surface area contributed by atoms with Crippen LogP contribution >= 0.6 is 15.6 Å². The fourth-order valence-electron chi connectivity index (χ4n) is 12.9. The maximum Gasteiger partial charge on any atom is 0.472 e. The molecule has 19 heteroatoms. The number of hydrogen-bond donors (Lipinski definition) is 3. The summed E-state index contributed by atoms with van der Waals surface area (Å²) in [5.41, 5.74) is 0.